The second-order valence-corrected chi connectivity index (χ2v) is 6.05. The maximum absolute atomic E-state index is 3.40. The Balaban J connectivity index is 1.76. The number of allylic oxidation sites excluding steroid dienone is 5. The Morgan fingerprint density at radius 3 is 2.63 bits per heavy atom. The Bertz CT molecular complexity index is 357. The van der Waals surface area contributed by atoms with Crippen LogP contribution in [0.3, 0.4) is 0 Å². The predicted molar refractivity (Wildman–Crippen MR) is 83.1 cm³/mol. The summed E-state index contributed by atoms with van der Waals surface area (Å²) in [6.45, 7) is 2.10. The molecule has 0 radical (unpaired) electrons. The molecule has 2 heteroatoms. The first-order valence-corrected chi connectivity index (χ1v) is 7.71. The monoisotopic (exact) mass is 260 g/mol. The molecule has 0 bridgehead atoms. The van der Waals surface area contributed by atoms with Crippen LogP contribution in [0, 0.1) is 5.92 Å². The van der Waals surface area contributed by atoms with Crippen molar-refractivity contribution in [1.29, 1.82) is 0 Å². The summed E-state index contributed by atoms with van der Waals surface area (Å²) in [7, 11) is 4.21. The molecule has 0 aromatic carbocycles. The van der Waals surface area contributed by atoms with Crippen molar-refractivity contribution in [2.45, 2.75) is 38.5 Å². The van der Waals surface area contributed by atoms with Crippen LogP contribution in [-0.2, 0) is 0 Å². The summed E-state index contributed by atoms with van der Waals surface area (Å²) >= 11 is 0. The van der Waals surface area contributed by atoms with Gasteiger partial charge < -0.3 is 10.2 Å². The zero-order valence-electron chi connectivity index (χ0n) is 12.5. The fraction of sp³-hybridized carbons (Fsp3) is 0.647. The van der Waals surface area contributed by atoms with Crippen molar-refractivity contribution in [2.75, 3.05) is 27.2 Å². The topological polar surface area (TPSA) is 15.3 Å². The first-order valence-electron chi connectivity index (χ1n) is 7.71. The van der Waals surface area contributed by atoms with Crippen molar-refractivity contribution >= 4 is 0 Å². The third-order valence-electron chi connectivity index (χ3n) is 4.13. The van der Waals surface area contributed by atoms with E-state index in [1.165, 1.54) is 37.7 Å². The molecule has 0 atom stereocenters. The molecule has 0 unspecified atom stereocenters. The number of nitrogens with zero attached hydrogens (tertiary/aromatic N) is 1. The minimum atomic E-state index is 0.841. The normalized spacial score (nSPS) is 22.9. The average molecular weight is 260 g/mol. The third-order valence-corrected chi connectivity index (χ3v) is 4.13. The molecule has 0 aromatic rings. The summed E-state index contributed by atoms with van der Waals surface area (Å²) in [6, 6.07) is 0. The predicted octanol–water partition coefficient (Wildman–Crippen LogP) is 3.49. The smallest absolute Gasteiger partial charge is 0.0269 e. The summed E-state index contributed by atoms with van der Waals surface area (Å²) in [5.41, 5.74) is 2.99. The molecule has 0 heterocycles. The second kappa shape index (κ2) is 7.54. The molecule has 19 heavy (non-hydrogen) atoms. The number of nitrogens with one attached hydrogen (secondary N) is 1. The summed E-state index contributed by atoms with van der Waals surface area (Å²) in [6.07, 6.45) is 17.4. The van der Waals surface area contributed by atoms with Gasteiger partial charge in [-0.25, -0.2) is 0 Å². The van der Waals surface area contributed by atoms with E-state index in [0.717, 1.165) is 25.4 Å². The Kier molecular flexibility index (Phi) is 5.71. The highest BCUT2D eigenvalue weighted by atomic mass is 15.1. The molecule has 0 amide bonds. The second-order valence-electron chi connectivity index (χ2n) is 6.05. The number of hydrogen-bond donors (Lipinski definition) is 1. The lowest BCUT2D eigenvalue weighted by atomic mass is 9.81. The van der Waals surface area contributed by atoms with E-state index >= 15 is 0 Å². The fourth-order valence-corrected chi connectivity index (χ4v) is 2.91. The van der Waals surface area contributed by atoms with Crippen LogP contribution in [0.5, 0.6) is 0 Å². The molecular formula is C17H28N2. The Morgan fingerprint density at radius 1 is 1.21 bits per heavy atom. The van der Waals surface area contributed by atoms with Crippen molar-refractivity contribution in [3.63, 3.8) is 0 Å². The van der Waals surface area contributed by atoms with Gasteiger partial charge in [-0.2, -0.15) is 0 Å². The van der Waals surface area contributed by atoms with Crippen molar-refractivity contribution in [3.05, 3.63) is 35.6 Å². The molecule has 0 aromatic heterocycles. The van der Waals surface area contributed by atoms with E-state index in [4.69, 9.17) is 0 Å². The molecule has 2 nitrogen and oxygen atoms in total. The lowest BCUT2D eigenvalue weighted by molar-refractivity contribution is 0.407. The minimum absolute atomic E-state index is 0.841. The van der Waals surface area contributed by atoms with E-state index in [9.17, 15) is 0 Å². The maximum atomic E-state index is 3.40. The van der Waals surface area contributed by atoms with Gasteiger partial charge in [0.15, 0.2) is 0 Å². The first-order chi connectivity index (χ1) is 9.25. The van der Waals surface area contributed by atoms with Crippen molar-refractivity contribution < 1.29 is 0 Å². The zero-order valence-corrected chi connectivity index (χ0v) is 12.5. The lowest BCUT2D eigenvalue weighted by Crippen LogP contribution is -2.23. The van der Waals surface area contributed by atoms with Gasteiger partial charge in [0, 0.05) is 19.3 Å². The summed E-state index contributed by atoms with van der Waals surface area (Å²) in [5.74, 6) is 0.841. The van der Waals surface area contributed by atoms with Gasteiger partial charge in [-0.1, -0.05) is 37.5 Å². The van der Waals surface area contributed by atoms with Crippen molar-refractivity contribution in [1.82, 2.24) is 10.2 Å². The highest BCUT2D eigenvalue weighted by Crippen LogP contribution is 2.32. The lowest BCUT2D eigenvalue weighted by Gasteiger charge is -2.24. The number of rotatable bonds is 5. The molecule has 1 saturated carbocycles. The van der Waals surface area contributed by atoms with Crippen LogP contribution in [0.2, 0.25) is 0 Å². The molecular weight excluding hydrogens is 232 g/mol. The van der Waals surface area contributed by atoms with Gasteiger partial charge in [0.1, 0.15) is 0 Å². The van der Waals surface area contributed by atoms with Crippen LogP contribution >= 0.6 is 0 Å². The van der Waals surface area contributed by atoms with Crippen LogP contribution in [0.4, 0.5) is 0 Å². The van der Waals surface area contributed by atoms with Gasteiger partial charge in [0.05, 0.1) is 0 Å². The Morgan fingerprint density at radius 2 is 2.00 bits per heavy atom. The van der Waals surface area contributed by atoms with Gasteiger partial charge in [0.25, 0.3) is 0 Å². The van der Waals surface area contributed by atoms with Crippen LogP contribution in [-0.4, -0.2) is 32.1 Å². The largest absolute Gasteiger partial charge is 0.389 e. The van der Waals surface area contributed by atoms with Gasteiger partial charge in [-0.3, -0.25) is 0 Å². The first kappa shape index (κ1) is 14.4. The van der Waals surface area contributed by atoms with Gasteiger partial charge in [0.2, 0.25) is 0 Å². The molecule has 1 N–H and O–H groups in total. The van der Waals surface area contributed by atoms with Gasteiger partial charge in [-0.15, -0.1) is 0 Å². The molecule has 106 valence electrons. The molecule has 2 aliphatic carbocycles. The molecule has 0 saturated heterocycles. The molecule has 1 fully saturated rings. The molecule has 2 aliphatic rings. The van der Waals surface area contributed by atoms with Gasteiger partial charge in [-0.05, 0) is 50.4 Å². The highest BCUT2D eigenvalue weighted by molar-refractivity contribution is 5.36. The van der Waals surface area contributed by atoms with E-state index in [-0.39, 0.29) is 0 Å². The molecule has 0 aliphatic heterocycles. The summed E-state index contributed by atoms with van der Waals surface area (Å²) in [4.78, 5) is 2.20. The van der Waals surface area contributed by atoms with Crippen LogP contribution in [0.25, 0.3) is 0 Å². The summed E-state index contributed by atoms with van der Waals surface area (Å²) in [5, 5.41) is 3.40. The average Bonchev–Trinajstić information content (AvgIpc) is 2.45. The van der Waals surface area contributed by atoms with E-state index in [1.807, 2.05) is 0 Å². The van der Waals surface area contributed by atoms with E-state index in [1.54, 1.807) is 5.57 Å². The van der Waals surface area contributed by atoms with Crippen molar-refractivity contribution in [2.24, 2.45) is 5.92 Å². The zero-order chi connectivity index (χ0) is 13.5. The Labute approximate surface area is 118 Å². The third kappa shape index (κ3) is 4.87. The van der Waals surface area contributed by atoms with Crippen LogP contribution in [0.15, 0.2) is 35.6 Å². The maximum Gasteiger partial charge on any atom is 0.0269 e. The van der Waals surface area contributed by atoms with Gasteiger partial charge >= 0.3 is 0 Å². The van der Waals surface area contributed by atoms with Crippen LogP contribution in [0.1, 0.15) is 38.5 Å². The van der Waals surface area contributed by atoms with Crippen molar-refractivity contribution in [3.8, 4) is 0 Å². The number of hydrogen-bond acceptors (Lipinski definition) is 2. The Hall–Kier alpha value is -1.02. The van der Waals surface area contributed by atoms with E-state index in [0.29, 0.717) is 0 Å². The molecule has 2 rings (SSSR count). The van der Waals surface area contributed by atoms with E-state index < -0.39 is 0 Å². The highest BCUT2D eigenvalue weighted by Gasteiger charge is 2.17. The summed E-state index contributed by atoms with van der Waals surface area (Å²) < 4.78 is 0. The fourth-order valence-electron chi connectivity index (χ4n) is 2.91. The number of likely N-dealkylation sites (N-methyl/N-ethyl adjacent to an activating group) is 1. The minimum Gasteiger partial charge on any atom is -0.389 e. The van der Waals surface area contributed by atoms with Crippen LogP contribution < -0.4 is 5.32 Å². The SMILES string of the molecule is CN(C)CCNC=C1C=CC(C2CCCCC2)=CC1. The standard InChI is InChI=1S/C17H28N2/c1-19(2)13-12-18-14-15-8-10-17(11-9-15)16-6-4-3-5-7-16/h8,10-11,14,16,18H,3-7,9,12-13H2,1-2H3. The van der Waals surface area contributed by atoms with E-state index in [2.05, 4.69) is 48.7 Å². The quantitative estimate of drug-likeness (QED) is 0.761. The molecule has 0 spiro atoms.